The minimum absolute atomic E-state index is 0.00909. The summed E-state index contributed by atoms with van der Waals surface area (Å²) in [6.07, 6.45) is 2.00. The van der Waals surface area contributed by atoms with Crippen molar-refractivity contribution in [2.45, 2.75) is 31.8 Å². The monoisotopic (exact) mass is 328 g/mol. The van der Waals surface area contributed by atoms with Gasteiger partial charge in [0.05, 0.1) is 6.04 Å². The third-order valence-electron chi connectivity index (χ3n) is 4.16. The van der Waals surface area contributed by atoms with Gasteiger partial charge in [-0.05, 0) is 43.3 Å². The van der Waals surface area contributed by atoms with Gasteiger partial charge in [-0.3, -0.25) is 9.59 Å². The number of rotatable bonds is 4. The predicted octanol–water partition coefficient (Wildman–Crippen LogP) is 3.23. The smallest absolute Gasteiger partial charge is 0.251 e. The SMILES string of the molecule is CC(NC(=O)c1ccccc1)C(=O)N1CCCC1c1cccs1. The molecule has 120 valence electrons. The summed E-state index contributed by atoms with van der Waals surface area (Å²) in [5.74, 6) is -0.219. The molecule has 1 aliphatic heterocycles. The molecule has 0 radical (unpaired) electrons. The summed E-state index contributed by atoms with van der Waals surface area (Å²) in [6.45, 7) is 2.51. The van der Waals surface area contributed by atoms with Crippen LogP contribution in [0.5, 0.6) is 0 Å². The number of carbonyl (C=O) groups excluding carboxylic acids is 2. The maximum atomic E-state index is 12.7. The van der Waals surface area contributed by atoms with E-state index in [-0.39, 0.29) is 17.9 Å². The largest absolute Gasteiger partial charge is 0.341 e. The van der Waals surface area contributed by atoms with E-state index < -0.39 is 6.04 Å². The maximum Gasteiger partial charge on any atom is 0.251 e. The van der Waals surface area contributed by atoms with E-state index >= 15 is 0 Å². The molecule has 2 unspecified atom stereocenters. The first-order valence-corrected chi connectivity index (χ1v) is 8.74. The van der Waals surface area contributed by atoms with Gasteiger partial charge in [0.2, 0.25) is 5.91 Å². The van der Waals surface area contributed by atoms with Crippen molar-refractivity contribution in [2.24, 2.45) is 0 Å². The Labute approximate surface area is 140 Å². The minimum Gasteiger partial charge on any atom is -0.341 e. The second-order valence-electron chi connectivity index (χ2n) is 5.77. The first kappa shape index (κ1) is 15.7. The topological polar surface area (TPSA) is 49.4 Å². The Bertz CT molecular complexity index is 670. The molecule has 0 saturated carbocycles. The fourth-order valence-electron chi connectivity index (χ4n) is 2.99. The van der Waals surface area contributed by atoms with E-state index in [4.69, 9.17) is 0 Å². The molecule has 1 saturated heterocycles. The molecule has 2 aromatic rings. The van der Waals surface area contributed by atoms with Crippen LogP contribution in [0.4, 0.5) is 0 Å². The Morgan fingerprint density at radius 2 is 2.00 bits per heavy atom. The number of carbonyl (C=O) groups is 2. The Kier molecular flexibility index (Phi) is 4.76. The van der Waals surface area contributed by atoms with Gasteiger partial charge in [-0.1, -0.05) is 24.3 Å². The highest BCUT2D eigenvalue weighted by Crippen LogP contribution is 2.34. The molecule has 0 bridgehead atoms. The molecule has 1 aromatic heterocycles. The first-order valence-electron chi connectivity index (χ1n) is 7.86. The van der Waals surface area contributed by atoms with Crippen LogP contribution in [0.15, 0.2) is 47.8 Å². The third kappa shape index (κ3) is 3.45. The fourth-order valence-corrected chi connectivity index (χ4v) is 3.86. The van der Waals surface area contributed by atoms with Crippen LogP contribution in [0.1, 0.15) is 41.0 Å². The lowest BCUT2D eigenvalue weighted by atomic mass is 10.1. The van der Waals surface area contributed by atoms with Gasteiger partial charge in [0.1, 0.15) is 6.04 Å². The highest BCUT2D eigenvalue weighted by molar-refractivity contribution is 7.10. The van der Waals surface area contributed by atoms with Crippen molar-refractivity contribution in [2.75, 3.05) is 6.54 Å². The lowest BCUT2D eigenvalue weighted by Crippen LogP contribution is -2.46. The molecule has 0 aliphatic carbocycles. The van der Waals surface area contributed by atoms with Crippen LogP contribution in [0, 0.1) is 0 Å². The van der Waals surface area contributed by atoms with Gasteiger partial charge in [0, 0.05) is 17.0 Å². The van der Waals surface area contributed by atoms with Crippen molar-refractivity contribution in [3.8, 4) is 0 Å². The number of thiophene rings is 1. The van der Waals surface area contributed by atoms with Gasteiger partial charge in [0.15, 0.2) is 0 Å². The van der Waals surface area contributed by atoms with E-state index in [1.807, 2.05) is 34.5 Å². The Morgan fingerprint density at radius 1 is 1.22 bits per heavy atom. The summed E-state index contributed by atoms with van der Waals surface area (Å²) >= 11 is 1.68. The van der Waals surface area contributed by atoms with E-state index in [9.17, 15) is 9.59 Å². The molecule has 2 amide bonds. The van der Waals surface area contributed by atoms with Crippen LogP contribution in [-0.4, -0.2) is 29.3 Å². The average Bonchev–Trinajstić information content (AvgIpc) is 3.25. The van der Waals surface area contributed by atoms with E-state index in [1.165, 1.54) is 4.88 Å². The van der Waals surface area contributed by atoms with Crippen molar-refractivity contribution >= 4 is 23.2 Å². The number of likely N-dealkylation sites (tertiary alicyclic amines) is 1. The summed E-state index contributed by atoms with van der Waals surface area (Å²) in [7, 11) is 0. The molecule has 1 fully saturated rings. The number of nitrogens with one attached hydrogen (secondary N) is 1. The van der Waals surface area contributed by atoms with Crippen LogP contribution in [0.3, 0.4) is 0 Å². The van der Waals surface area contributed by atoms with Gasteiger partial charge >= 0.3 is 0 Å². The van der Waals surface area contributed by atoms with E-state index in [0.717, 1.165) is 19.4 Å². The Hall–Kier alpha value is -2.14. The molecular formula is C18H20N2O2S. The number of amides is 2. The van der Waals surface area contributed by atoms with Crippen molar-refractivity contribution in [1.82, 2.24) is 10.2 Å². The van der Waals surface area contributed by atoms with Crippen molar-refractivity contribution < 1.29 is 9.59 Å². The molecule has 3 rings (SSSR count). The van der Waals surface area contributed by atoms with Gasteiger partial charge in [-0.15, -0.1) is 11.3 Å². The molecule has 0 spiro atoms. The Balaban J connectivity index is 1.66. The zero-order valence-electron chi connectivity index (χ0n) is 13.1. The van der Waals surface area contributed by atoms with Crippen molar-refractivity contribution in [3.63, 3.8) is 0 Å². The van der Waals surface area contributed by atoms with Crippen molar-refractivity contribution in [1.29, 1.82) is 0 Å². The summed E-state index contributed by atoms with van der Waals surface area (Å²) in [5.41, 5.74) is 0.573. The number of hydrogen-bond acceptors (Lipinski definition) is 3. The zero-order valence-corrected chi connectivity index (χ0v) is 13.9. The van der Waals surface area contributed by atoms with Gasteiger partial charge in [-0.25, -0.2) is 0 Å². The lowest BCUT2D eigenvalue weighted by molar-refractivity contribution is -0.133. The van der Waals surface area contributed by atoms with Crippen LogP contribution < -0.4 is 5.32 Å². The van der Waals surface area contributed by atoms with Crippen LogP contribution in [0.2, 0.25) is 0 Å². The lowest BCUT2D eigenvalue weighted by Gasteiger charge is -2.27. The van der Waals surface area contributed by atoms with Crippen molar-refractivity contribution in [3.05, 3.63) is 58.3 Å². The molecular weight excluding hydrogens is 308 g/mol. The molecule has 1 aliphatic rings. The second kappa shape index (κ2) is 6.96. The third-order valence-corrected chi connectivity index (χ3v) is 5.14. The molecule has 1 aromatic carbocycles. The zero-order chi connectivity index (χ0) is 16.2. The molecule has 5 heteroatoms. The molecule has 1 N–H and O–H groups in total. The quantitative estimate of drug-likeness (QED) is 0.937. The second-order valence-corrected chi connectivity index (χ2v) is 6.75. The highest BCUT2D eigenvalue weighted by atomic mass is 32.1. The predicted molar refractivity (Wildman–Crippen MR) is 91.4 cm³/mol. The van der Waals surface area contributed by atoms with Crippen LogP contribution >= 0.6 is 11.3 Å². The fraction of sp³-hybridized carbons (Fsp3) is 0.333. The summed E-state index contributed by atoms with van der Waals surface area (Å²) in [5, 5.41) is 4.85. The summed E-state index contributed by atoms with van der Waals surface area (Å²) in [4.78, 5) is 28.1. The van der Waals surface area contributed by atoms with E-state index in [0.29, 0.717) is 5.56 Å². The van der Waals surface area contributed by atoms with Gasteiger partial charge in [-0.2, -0.15) is 0 Å². The standard InChI is InChI=1S/C18H20N2O2S/c1-13(19-17(21)14-7-3-2-4-8-14)18(22)20-11-5-9-15(20)16-10-6-12-23-16/h2-4,6-8,10,12-13,15H,5,9,11H2,1H3,(H,19,21). The van der Waals surface area contributed by atoms with Crippen LogP contribution in [-0.2, 0) is 4.79 Å². The molecule has 2 atom stereocenters. The minimum atomic E-state index is -0.525. The van der Waals surface area contributed by atoms with E-state index in [2.05, 4.69) is 11.4 Å². The van der Waals surface area contributed by atoms with Gasteiger partial charge < -0.3 is 10.2 Å². The summed E-state index contributed by atoms with van der Waals surface area (Å²) < 4.78 is 0. The molecule has 23 heavy (non-hydrogen) atoms. The maximum absolute atomic E-state index is 12.7. The highest BCUT2D eigenvalue weighted by Gasteiger charge is 2.33. The average molecular weight is 328 g/mol. The molecule has 4 nitrogen and oxygen atoms in total. The summed E-state index contributed by atoms with van der Waals surface area (Å²) in [6, 6.07) is 12.7. The van der Waals surface area contributed by atoms with Crippen LogP contribution in [0.25, 0.3) is 0 Å². The Morgan fingerprint density at radius 3 is 2.70 bits per heavy atom. The number of nitrogens with zero attached hydrogens (tertiary/aromatic N) is 1. The normalized spacial score (nSPS) is 18.7. The van der Waals surface area contributed by atoms with E-state index in [1.54, 1.807) is 30.4 Å². The van der Waals surface area contributed by atoms with Gasteiger partial charge in [0.25, 0.3) is 5.91 Å². The number of hydrogen-bond donors (Lipinski definition) is 1. The number of benzene rings is 1. The first-order chi connectivity index (χ1) is 11.2. The molecule has 2 heterocycles.